The minimum Gasteiger partial charge on any atom is -0.323 e. The van der Waals surface area contributed by atoms with Crippen LogP contribution in [0.4, 0.5) is 5.69 Å². The molecule has 4 aromatic carbocycles. The highest BCUT2D eigenvalue weighted by molar-refractivity contribution is 7.89. The summed E-state index contributed by atoms with van der Waals surface area (Å²) in [4.78, 5) is 12.6. The summed E-state index contributed by atoms with van der Waals surface area (Å²) in [5.41, 5.74) is 2.38. The van der Waals surface area contributed by atoms with Crippen LogP contribution < -0.4 is 5.32 Å². The molecule has 166 valence electrons. The molecule has 4 rings (SSSR count). The lowest BCUT2D eigenvalue weighted by Crippen LogP contribution is -2.26. The van der Waals surface area contributed by atoms with Crippen LogP contribution in [0.3, 0.4) is 0 Å². The maximum Gasteiger partial charge on any atom is 0.248 e. The molecule has 0 aliphatic heterocycles. The van der Waals surface area contributed by atoms with Crippen molar-refractivity contribution in [2.24, 2.45) is 0 Å². The van der Waals surface area contributed by atoms with Crippen LogP contribution in [0.5, 0.6) is 0 Å². The van der Waals surface area contributed by atoms with E-state index in [1.807, 2.05) is 72.8 Å². The van der Waals surface area contributed by atoms with Crippen molar-refractivity contribution >= 4 is 38.5 Å². The second-order valence-corrected chi connectivity index (χ2v) is 9.71. The Bertz CT molecular complexity index is 1390. The zero-order valence-corrected chi connectivity index (χ0v) is 19.0. The smallest absolute Gasteiger partial charge is 0.248 e. The standard InChI is InChI=1S/C27H24N2O3S/c1-29(20-21-8-3-2-4-9-21)33(31,32)25-17-15-24(16-18-25)28-27(30)19-14-23-12-7-11-22-10-5-6-13-26(22)23/h2-19H,20H2,1H3,(H,28,30)/b19-14+. The van der Waals surface area contributed by atoms with Crippen LogP contribution in [-0.2, 0) is 21.4 Å². The average molecular weight is 457 g/mol. The molecule has 1 N–H and O–H groups in total. The van der Waals surface area contributed by atoms with Crippen LogP contribution in [0.1, 0.15) is 11.1 Å². The van der Waals surface area contributed by atoms with Gasteiger partial charge >= 0.3 is 0 Å². The van der Waals surface area contributed by atoms with Gasteiger partial charge in [0.25, 0.3) is 0 Å². The third kappa shape index (κ3) is 5.37. The Morgan fingerprint density at radius 2 is 1.52 bits per heavy atom. The molecule has 0 aromatic heterocycles. The quantitative estimate of drug-likeness (QED) is 0.383. The largest absolute Gasteiger partial charge is 0.323 e. The molecule has 6 heteroatoms. The SMILES string of the molecule is CN(Cc1ccccc1)S(=O)(=O)c1ccc(NC(=O)/C=C/c2cccc3ccccc23)cc1. The summed E-state index contributed by atoms with van der Waals surface area (Å²) >= 11 is 0. The van der Waals surface area contributed by atoms with Gasteiger partial charge in [-0.2, -0.15) is 4.31 Å². The number of rotatable bonds is 7. The average Bonchev–Trinajstić information content (AvgIpc) is 2.83. The fourth-order valence-corrected chi connectivity index (χ4v) is 4.72. The summed E-state index contributed by atoms with van der Waals surface area (Å²) in [5.74, 6) is -0.292. The molecule has 0 atom stereocenters. The summed E-state index contributed by atoms with van der Waals surface area (Å²) in [6.45, 7) is 0.278. The highest BCUT2D eigenvalue weighted by Crippen LogP contribution is 2.21. The summed E-state index contributed by atoms with van der Waals surface area (Å²) in [6, 6.07) is 29.5. The molecule has 4 aromatic rings. The van der Waals surface area contributed by atoms with Crippen LogP contribution >= 0.6 is 0 Å². The molecule has 0 saturated heterocycles. The van der Waals surface area contributed by atoms with E-state index in [1.54, 1.807) is 25.3 Å². The van der Waals surface area contributed by atoms with E-state index in [2.05, 4.69) is 5.32 Å². The molecule has 0 fully saturated rings. The van der Waals surface area contributed by atoms with Crippen molar-refractivity contribution in [3.05, 3.63) is 114 Å². The number of carbonyl (C=O) groups is 1. The highest BCUT2D eigenvalue weighted by Gasteiger charge is 2.20. The lowest BCUT2D eigenvalue weighted by molar-refractivity contribution is -0.111. The molecule has 0 radical (unpaired) electrons. The predicted octanol–water partition coefficient (Wildman–Crippen LogP) is 5.31. The van der Waals surface area contributed by atoms with Gasteiger partial charge in [0.05, 0.1) is 4.90 Å². The van der Waals surface area contributed by atoms with Crippen LogP contribution in [0.25, 0.3) is 16.8 Å². The van der Waals surface area contributed by atoms with Crippen molar-refractivity contribution in [3.8, 4) is 0 Å². The van der Waals surface area contributed by atoms with Gasteiger partial charge in [0.2, 0.25) is 15.9 Å². The Hall–Kier alpha value is -3.74. The van der Waals surface area contributed by atoms with E-state index >= 15 is 0 Å². The summed E-state index contributed by atoms with van der Waals surface area (Å²) in [5, 5.41) is 4.95. The third-order valence-electron chi connectivity index (χ3n) is 5.32. The Morgan fingerprint density at radius 1 is 0.848 bits per heavy atom. The van der Waals surface area contributed by atoms with Crippen molar-refractivity contribution in [1.82, 2.24) is 4.31 Å². The maximum absolute atomic E-state index is 12.9. The number of benzene rings is 4. The molecular formula is C27H24N2O3S. The van der Waals surface area contributed by atoms with Gasteiger partial charge in [-0.05, 0) is 52.2 Å². The third-order valence-corrected chi connectivity index (χ3v) is 7.13. The van der Waals surface area contributed by atoms with Gasteiger partial charge in [-0.3, -0.25) is 4.79 Å². The molecule has 0 aliphatic rings. The summed E-state index contributed by atoms with van der Waals surface area (Å²) in [6.07, 6.45) is 3.25. The minimum atomic E-state index is -3.64. The Kier molecular flexibility index (Phi) is 6.68. The van der Waals surface area contributed by atoms with Gasteiger partial charge in [-0.15, -0.1) is 0 Å². The number of nitrogens with one attached hydrogen (secondary N) is 1. The van der Waals surface area contributed by atoms with E-state index in [0.717, 1.165) is 21.9 Å². The first-order chi connectivity index (χ1) is 15.9. The van der Waals surface area contributed by atoms with E-state index in [0.29, 0.717) is 5.69 Å². The van der Waals surface area contributed by atoms with Crippen molar-refractivity contribution in [2.75, 3.05) is 12.4 Å². The molecule has 1 amide bonds. The number of fused-ring (bicyclic) bond motifs is 1. The molecule has 0 heterocycles. The highest BCUT2D eigenvalue weighted by atomic mass is 32.2. The van der Waals surface area contributed by atoms with Crippen LogP contribution in [0.15, 0.2) is 108 Å². The molecule has 0 bridgehead atoms. The number of sulfonamides is 1. The summed E-state index contributed by atoms with van der Waals surface area (Å²) < 4.78 is 27.0. The zero-order valence-electron chi connectivity index (χ0n) is 18.2. The molecule has 0 spiro atoms. The fourth-order valence-electron chi connectivity index (χ4n) is 3.56. The number of amides is 1. The van der Waals surface area contributed by atoms with Crippen molar-refractivity contribution in [2.45, 2.75) is 11.4 Å². The maximum atomic E-state index is 12.9. The number of hydrogen-bond donors (Lipinski definition) is 1. The molecular weight excluding hydrogens is 432 g/mol. The van der Waals surface area contributed by atoms with Crippen LogP contribution in [0.2, 0.25) is 0 Å². The number of nitrogens with zero attached hydrogens (tertiary/aromatic N) is 1. The van der Waals surface area contributed by atoms with Crippen molar-refractivity contribution in [3.63, 3.8) is 0 Å². The topological polar surface area (TPSA) is 66.5 Å². The van der Waals surface area contributed by atoms with E-state index in [-0.39, 0.29) is 17.3 Å². The Labute approximate surface area is 194 Å². The van der Waals surface area contributed by atoms with Crippen molar-refractivity contribution < 1.29 is 13.2 Å². The van der Waals surface area contributed by atoms with E-state index in [4.69, 9.17) is 0 Å². The van der Waals surface area contributed by atoms with Gasteiger partial charge in [0.1, 0.15) is 0 Å². The van der Waals surface area contributed by atoms with E-state index < -0.39 is 10.0 Å². The van der Waals surface area contributed by atoms with Gasteiger partial charge < -0.3 is 5.32 Å². The molecule has 0 aliphatic carbocycles. The van der Waals surface area contributed by atoms with Crippen LogP contribution in [-0.4, -0.2) is 25.7 Å². The molecule has 33 heavy (non-hydrogen) atoms. The summed E-state index contributed by atoms with van der Waals surface area (Å²) in [7, 11) is -2.09. The lowest BCUT2D eigenvalue weighted by atomic mass is 10.0. The molecule has 0 saturated carbocycles. The fraction of sp³-hybridized carbons (Fsp3) is 0.0741. The van der Waals surface area contributed by atoms with Crippen LogP contribution in [0, 0.1) is 0 Å². The number of anilines is 1. The molecule has 5 nitrogen and oxygen atoms in total. The van der Waals surface area contributed by atoms with E-state index in [1.165, 1.54) is 22.5 Å². The van der Waals surface area contributed by atoms with E-state index in [9.17, 15) is 13.2 Å². The van der Waals surface area contributed by atoms with Gasteiger partial charge in [-0.1, -0.05) is 72.8 Å². The Morgan fingerprint density at radius 3 is 2.27 bits per heavy atom. The predicted molar refractivity (Wildman–Crippen MR) is 133 cm³/mol. The monoisotopic (exact) mass is 456 g/mol. The number of hydrogen-bond acceptors (Lipinski definition) is 3. The second-order valence-electron chi connectivity index (χ2n) is 7.66. The molecule has 0 unspecified atom stereocenters. The minimum absolute atomic E-state index is 0.172. The van der Waals surface area contributed by atoms with Gasteiger partial charge in [-0.25, -0.2) is 8.42 Å². The first kappa shape index (κ1) is 22.5. The first-order valence-corrected chi connectivity index (χ1v) is 11.9. The van der Waals surface area contributed by atoms with Gasteiger partial charge in [0.15, 0.2) is 0 Å². The zero-order chi connectivity index (χ0) is 23.3. The second kappa shape index (κ2) is 9.81. The Balaban J connectivity index is 1.42. The van der Waals surface area contributed by atoms with Gasteiger partial charge in [0, 0.05) is 25.4 Å². The van der Waals surface area contributed by atoms with Crippen molar-refractivity contribution in [1.29, 1.82) is 0 Å². The lowest BCUT2D eigenvalue weighted by Gasteiger charge is -2.17. The first-order valence-electron chi connectivity index (χ1n) is 10.5. The normalized spacial score (nSPS) is 11.8. The number of carbonyl (C=O) groups excluding carboxylic acids is 1.